The van der Waals surface area contributed by atoms with E-state index in [1.807, 2.05) is 12.1 Å². The molecule has 57 heavy (non-hydrogen) atoms. The Labute approximate surface area is 347 Å². The molecule has 3 aliphatic heterocycles. The van der Waals surface area contributed by atoms with Crippen molar-refractivity contribution in [2.75, 3.05) is 78.7 Å². The van der Waals surface area contributed by atoms with Gasteiger partial charge >= 0.3 is 0 Å². The molecule has 3 fully saturated rings. The summed E-state index contributed by atoms with van der Waals surface area (Å²) in [4.78, 5) is 7.60. The van der Waals surface area contributed by atoms with Crippen molar-refractivity contribution >= 4 is 10.0 Å². The topological polar surface area (TPSA) is 74.3 Å². The third-order valence-electron chi connectivity index (χ3n) is 11.1. The number of ether oxygens (including phenoxy) is 2. The summed E-state index contributed by atoms with van der Waals surface area (Å²) in [6.07, 6.45) is 7.83. The van der Waals surface area contributed by atoms with Crippen molar-refractivity contribution in [1.29, 1.82) is 0 Å². The minimum Gasteiger partial charge on any atom is -0.492 e. The lowest BCUT2D eigenvalue weighted by Gasteiger charge is -2.20. The number of hydrogen-bond acceptors (Lipinski definition) is 7. The number of benzene rings is 3. The van der Waals surface area contributed by atoms with Crippen LogP contribution in [0.2, 0.25) is 0 Å². The van der Waals surface area contributed by atoms with Crippen molar-refractivity contribution in [1.82, 2.24) is 19.4 Å². The van der Waals surface area contributed by atoms with Crippen LogP contribution in [0.3, 0.4) is 0 Å². The fourth-order valence-electron chi connectivity index (χ4n) is 7.26. The predicted octanol–water partition coefficient (Wildman–Crippen LogP) is 9.28. The first-order chi connectivity index (χ1) is 26.9. The van der Waals surface area contributed by atoms with Crippen LogP contribution in [0.1, 0.15) is 118 Å². The largest absolute Gasteiger partial charge is 0.492 e. The Balaban J connectivity index is 0.000000190. The van der Waals surface area contributed by atoms with Gasteiger partial charge in [-0.1, -0.05) is 98.7 Å². The molecule has 0 spiro atoms. The molecular formula is C48H76N4O4S. The molecule has 318 valence electrons. The smallest absolute Gasteiger partial charge is 0.240 e. The van der Waals surface area contributed by atoms with Crippen molar-refractivity contribution in [3.8, 4) is 11.5 Å². The van der Waals surface area contributed by atoms with Crippen molar-refractivity contribution in [2.24, 2.45) is 0 Å². The van der Waals surface area contributed by atoms with Gasteiger partial charge in [0.25, 0.3) is 0 Å². The third-order valence-corrected chi connectivity index (χ3v) is 12.6. The van der Waals surface area contributed by atoms with Gasteiger partial charge in [0.05, 0.1) is 4.90 Å². The lowest BCUT2D eigenvalue weighted by atomic mass is 9.87. The molecule has 9 heteroatoms. The van der Waals surface area contributed by atoms with E-state index < -0.39 is 10.0 Å². The van der Waals surface area contributed by atoms with Gasteiger partial charge in [-0.2, -0.15) is 0 Å². The van der Waals surface area contributed by atoms with Gasteiger partial charge in [-0.15, -0.1) is 0 Å². The molecule has 1 N–H and O–H groups in total. The Kier molecular flexibility index (Phi) is 17.9. The van der Waals surface area contributed by atoms with Gasteiger partial charge in [0.2, 0.25) is 10.0 Å². The highest BCUT2D eigenvalue weighted by molar-refractivity contribution is 7.89. The summed E-state index contributed by atoms with van der Waals surface area (Å²) in [5, 5.41) is 0. The second kappa shape index (κ2) is 21.9. The monoisotopic (exact) mass is 805 g/mol. The molecule has 3 aliphatic rings. The second-order valence-corrected chi connectivity index (χ2v) is 20.8. The Bertz CT molecular complexity index is 1690. The van der Waals surface area contributed by atoms with Gasteiger partial charge in [0.1, 0.15) is 24.7 Å². The minimum absolute atomic E-state index is 0.0332. The molecule has 3 aromatic carbocycles. The van der Waals surface area contributed by atoms with Crippen LogP contribution in [-0.2, 0) is 26.3 Å². The Morgan fingerprint density at radius 3 is 1.35 bits per heavy atom. The quantitative estimate of drug-likeness (QED) is 0.185. The molecule has 0 saturated carbocycles. The van der Waals surface area contributed by atoms with E-state index in [1.54, 1.807) is 12.1 Å². The second-order valence-electron chi connectivity index (χ2n) is 19.1. The van der Waals surface area contributed by atoms with Crippen LogP contribution < -0.4 is 14.2 Å². The Morgan fingerprint density at radius 2 is 0.912 bits per heavy atom. The van der Waals surface area contributed by atoms with E-state index in [9.17, 15) is 8.42 Å². The summed E-state index contributed by atoms with van der Waals surface area (Å²) in [6.45, 7) is 31.9. The van der Waals surface area contributed by atoms with Crippen molar-refractivity contribution in [2.45, 2.75) is 122 Å². The van der Waals surface area contributed by atoms with Crippen LogP contribution in [0.5, 0.6) is 11.5 Å². The minimum atomic E-state index is -3.39. The van der Waals surface area contributed by atoms with Crippen LogP contribution >= 0.6 is 0 Å². The molecular weight excluding hydrogens is 729 g/mol. The van der Waals surface area contributed by atoms with Crippen LogP contribution in [0.25, 0.3) is 0 Å². The van der Waals surface area contributed by atoms with Crippen molar-refractivity contribution in [3.05, 3.63) is 89.5 Å². The number of nitrogens with one attached hydrogen (secondary N) is 1. The molecule has 0 aromatic heterocycles. The normalized spacial score (nSPS) is 17.1. The highest BCUT2D eigenvalue weighted by atomic mass is 32.2. The zero-order valence-corrected chi connectivity index (χ0v) is 37.9. The average molecular weight is 805 g/mol. The molecule has 3 aromatic rings. The molecule has 0 radical (unpaired) electrons. The SMILES string of the molecule is CC(C)(C)c1ccc(OCCN2CCCC2)cc1.CC(C)(C)c1ccc(S(=O)(=O)NCCN2CCCC2)cc1.CC(C)(C)c1cccc(OCCN2CCCC2)c1. The number of rotatable bonds is 13. The van der Waals surface area contributed by atoms with Gasteiger partial charge in [0, 0.05) is 26.2 Å². The van der Waals surface area contributed by atoms with Crippen molar-refractivity contribution in [3.63, 3.8) is 0 Å². The molecule has 0 amide bonds. The maximum Gasteiger partial charge on any atom is 0.240 e. The van der Waals surface area contributed by atoms with E-state index in [1.165, 1.54) is 75.8 Å². The highest BCUT2D eigenvalue weighted by Crippen LogP contribution is 2.27. The maximum absolute atomic E-state index is 12.2. The maximum atomic E-state index is 12.2. The number of nitrogens with zero attached hydrogens (tertiary/aromatic N) is 3. The Morgan fingerprint density at radius 1 is 0.509 bits per heavy atom. The van der Waals surface area contributed by atoms with E-state index in [4.69, 9.17) is 9.47 Å². The number of hydrogen-bond donors (Lipinski definition) is 1. The lowest BCUT2D eigenvalue weighted by molar-refractivity contribution is 0.237. The van der Waals surface area contributed by atoms with E-state index >= 15 is 0 Å². The molecule has 8 nitrogen and oxygen atoms in total. The fourth-order valence-corrected chi connectivity index (χ4v) is 8.28. The summed E-state index contributed by atoms with van der Waals surface area (Å²) < 4.78 is 38.8. The fraction of sp³-hybridized carbons (Fsp3) is 0.625. The summed E-state index contributed by atoms with van der Waals surface area (Å²) >= 11 is 0. The van der Waals surface area contributed by atoms with E-state index in [2.05, 4.69) is 130 Å². The van der Waals surface area contributed by atoms with Gasteiger partial charge in [-0.25, -0.2) is 13.1 Å². The third kappa shape index (κ3) is 16.7. The Hall–Kier alpha value is -2.95. The van der Waals surface area contributed by atoms with Gasteiger partial charge in [-0.3, -0.25) is 9.80 Å². The molecule has 0 aliphatic carbocycles. The first kappa shape index (κ1) is 46.7. The van der Waals surface area contributed by atoms with Gasteiger partial charge < -0.3 is 14.4 Å². The van der Waals surface area contributed by atoms with Crippen LogP contribution in [0, 0.1) is 0 Å². The lowest BCUT2D eigenvalue weighted by Crippen LogP contribution is -2.33. The van der Waals surface area contributed by atoms with Crippen LogP contribution in [0.4, 0.5) is 0 Å². The van der Waals surface area contributed by atoms with Crippen molar-refractivity contribution < 1.29 is 17.9 Å². The summed E-state index contributed by atoms with van der Waals surface area (Å²) in [5.74, 6) is 1.99. The first-order valence-electron chi connectivity index (χ1n) is 21.6. The van der Waals surface area contributed by atoms with E-state index in [-0.39, 0.29) is 16.2 Å². The molecule has 6 rings (SSSR count). The summed E-state index contributed by atoms with van der Waals surface area (Å²) in [6, 6.07) is 24.2. The highest BCUT2D eigenvalue weighted by Gasteiger charge is 2.19. The summed E-state index contributed by atoms with van der Waals surface area (Å²) in [7, 11) is -3.39. The van der Waals surface area contributed by atoms with Gasteiger partial charge in [-0.05, 0) is 147 Å². The predicted molar refractivity (Wildman–Crippen MR) is 239 cm³/mol. The average Bonchev–Trinajstić information content (AvgIpc) is 3.98. The van der Waals surface area contributed by atoms with Crippen LogP contribution in [0.15, 0.2) is 77.7 Å². The first-order valence-corrected chi connectivity index (χ1v) is 23.1. The van der Waals surface area contributed by atoms with E-state index in [0.29, 0.717) is 11.4 Å². The zero-order valence-electron chi connectivity index (χ0n) is 37.0. The van der Waals surface area contributed by atoms with Gasteiger partial charge in [0.15, 0.2) is 0 Å². The number of likely N-dealkylation sites (tertiary alicyclic amines) is 3. The number of sulfonamides is 1. The molecule has 0 bridgehead atoms. The molecule has 3 heterocycles. The molecule has 0 atom stereocenters. The zero-order chi connectivity index (χ0) is 41.5. The molecule has 0 unspecified atom stereocenters. The summed E-state index contributed by atoms with van der Waals surface area (Å²) in [5.41, 5.74) is 4.27. The van der Waals surface area contributed by atoms with E-state index in [0.717, 1.165) is 63.0 Å². The van der Waals surface area contributed by atoms with Crippen LogP contribution in [-0.4, -0.2) is 102 Å². The standard InChI is InChI=1S/C16H26N2O2S.2C16H25NO/c1-16(2,3)14-6-8-15(9-7-14)21(19,20)17-10-13-18-11-4-5-12-18;1-16(2,3)14-6-8-15(9-7-14)18-13-12-17-10-4-5-11-17;1-16(2,3)14-7-6-8-15(13-14)18-12-11-17-9-4-5-10-17/h6-9,17H,4-5,10-13H2,1-3H3;6-9H,4-5,10-13H2,1-3H3;6-8,13H,4-5,9-12H2,1-3H3. The molecule has 3 saturated heterocycles.